The van der Waals surface area contributed by atoms with Gasteiger partial charge in [-0.15, -0.1) is 0 Å². The second kappa shape index (κ2) is 7.41. The quantitative estimate of drug-likeness (QED) is 0.542. The Morgan fingerprint density at radius 1 is 1.25 bits per heavy atom. The van der Waals surface area contributed by atoms with Crippen LogP contribution >= 0.6 is 0 Å². The van der Waals surface area contributed by atoms with Crippen molar-refractivity contribution in [2.75, 3.05) is 27.4 Å². The lowest BCUT2D eigenvalue weighted by atomic mass is 10.1. The lowest BCUT2D eigenvalue weighted by Crippen LogP contribution is -2.25. The van der Waals surface area contributed by atoms with E-state index in [2.05, 4.69) is 0 Å². The standard InChI is InChI=1S/C16H24O4/c1-12-6-7-13(15(10-12)18-4)14(17)11-20-9-8-16(2,3)19-5/h6-7,10H,8-9,11H2,1-5H3. The molecule has 0 bridgehead atoms. The van der Waals surface area contributed by atoms with Gasteiger partial charge in [0.05, 0.1) is 18.3 Å². The summed E-state index contributed by atoms with van der Waals surface area (Å²) in [4.78, 5) is 12.1. The topological polar surface area (TPSA) is 44.8 Å². The summed E-state index contributed by atoms with van der Waals surface area (Å²) in [7, 11) is 3.23. The Hall–Kier alpha value is -1.39. The first kappa shape index (κ1) is 16.7. The highest BCUT2D eigenvalue weighted by molar-refractivity contribution is 5.99. The molecule has 4 heteroatoms. The molecule has 0 amide bonds. The summed E-state index contributed by atoms with van der Waals surface area (Å²) in [5.41, 5.74) is 1.38. The zero-order valence-corrected chi connectivity index (χ0v) is 13.0. The number of ether oxygens (including phenoxy) is 3. The van der Waals surface area contributed by atoms with Gasteiger partial charge < -0.3 is 14.2 Å². The fraction of sp³-hybridized carbons (Fsp3) is 0.562. The summed E-state index contributed by atoms with van der Waals surface area (Å²) in [5, 5.41) is 0. The molecule has 4 nitrogen and oxygen atoms in total. The van der Waals surface area contributed by atoms with E-state index >= 15 is 0 Å². The molecule has 0 unspecified atom stereocenters. The van der Waals surface area contributed by atoms with Gasteiger partial charge in [-0.1, -0.05) is 6.07 Å². The molecule has 0 aliphatic rings. The summed E-state index contributed by atoms with van der Waals surface area (Å²) >= 11 is 0. The zero-order chi connectivity index (χ0) is 15.2. The predicted octanol–water partition coefficient (Wildman–Crippen LogP) is 3.02. The molecule has 0 atom stereocenters. The van der Waals surface area contributed by atoms with Crippen LogP contribution in [-0.2, 0) is 9.47 Å². The molecular formula is C16H24O4. The number of rotatable bonds is 8. The molecule has 0 aliphatic heterocycles. The number of methoxy groups -OCH3 is 2. The van der Waals surface area contributed by atoms with Crippen molar-refractivity contribution in [2.45, 2.75) is 32.8 Å². The van der Waals surface area contributed by atoms with E-state index in [4.69, 9.17) is 14.2 Å². The van der Waals surface area contributed by atoms with E-state index in [0.29, 0.717) is 17.9 Å². The highest BCUT2D eigenvalue weighted by Crippen LogP contribution is 2.20. The molecule has 0 aliphatic carbocycles. The van der Waals surface area contributed by atoms with Crippen molar-refractivity contribution in [1.29, 1.82) is 0 Å². The van der Waals surface area contributed by atoms with Gasteiger partial charge >= 0.3 is 0 Å². The molecule has 20 heavy (non-hydrogen) atoms. The molecule has 0 heterocycles. The van der Waals surface area contributed by atoms with E-state index in [1.54, 1.807) is 20.3 Å². The van der Waals surface area contributed by atoms with Crippen molar-refractivity contribution in [3.63, 3.8) is 0 Å². The molecule has 0 saturated carbocycles. The van der Waals surface area contributed by atoms with E-state index in [1.165, 1.54) is 0 Å². The smallest absolute Gasteiger partial charge is 0.192 e. The van der Waals surface area contributed by atoms with Gasteiger partial charge in [0.25, 0.3) is 0 Å². The van der Waals surface area contributed by atoms with E-state index in [9.17, 15) is 4.79 Å². The third-order valence-corrected chi connectivity index (χ3v) is 3.29. The number of benzene rings is 1. The van der Waals surface area contributed by atoms with Crippen LogP contribution in [0.15, 0.2) is 18.2 Å². The fourth-order valence-electron chi connectivity index (χ4n) is 1.69. The summed E-state index contributed by atoms with van der Waals surface area (Å²) in [5.74, 6) is 0.521. The lowest BCUT2D eigenvalue weighted by Gasteiger charge is -2.22. The van der Waals surface area contributed by atoms with E-state index in [1.807, 2.05) is 32.9 Å². The van der Waals surface area contributed by atoms with E-state index in [-0.39, 0.29) is 18.0 Å². The predicted molar refractivity (Wildman–Crippen MR) is 78.6 cm³/mol. The number of hydrogen-bond donors (Lipinski definition) is 0. The number of ketones is 1. The maximum atomic E-state index is 12.1. The van der Waals surface area contributed by atoms with Crippen LogP contribution in [0.25, 0.3) is 0 Å². The van der Waals surface area contributed by atoms with E-state index in [0.717, 1.165) is 12.0 Å². The van der Waals surface area contributed by atoms with Crippen LogP contribution in [0.1, 0.15) is 36.2 Å². The average Bonchev–Trinajstić information content (AvgIpc) is 2.43. The van der Waals surface area contributed by atoms with Gasteiger partial charge in [0.15, 0.2) is 5.78 Å². The van der Waals surface area contributed by atoms with Crippen LogP contribution in [-0.4, -0.2) is 38.8 Å². The Labute approximate surface area is 121 Å². The average molecular weight is 280 g/mol. The third-order valence-electron chi connectivity index (χ3n) is 3.29. The number of hydrogen-bond acceptors (Lipinski definition) is 4. The Morgan fingerprint density at radius 3 is 2.55 bits per heavy atom. The number of Topliss-reactive ketones (excluding diaryl/α,β-unsaturated/α-hetero) is 1. The Kier molecular flexibility index (Phi) is 6.17. The molecule has 1 rings (SSSR count). The molecule has 112 valence electrons. The van der Waals surface area contributed by atoms with Crippen LogP contribution in [0.2, 0.25) is 0 Å². The summed E-state index contributed by atoms with van der Waals surface area (Å²) in [6, 6.07) is 5.52. The zero-order valence-electron chi connectivity index (χ0n) is 13.0. The van der Waals surface area contributed by atoms with Gasteiger partial charge in [-0.25, -0.2) is 0 Å². The van der Waals surface area contributed by atoms with Gasteiger partial charge in [-0.05, 0) is 44.9 Å². The Bertz CT molecular complexity index is 452. The molecular weight excluding hydrogens is 256 g/mol. The Morgan fingerprint density at radius 2 is 1.95 bits per heavy atom. The normalized spacial score (nSPS) is 11.4. The van der Waals surface area contributed by atoms with E-state index < -0.39 is 0 Å². The lowest BCUT2D eigenvalue weighted by molar-refractivity contribution is -0.00839. The minimum absolute atomic E-state index is 0.0548. The third kappa shape index (κ3) is 4.94. The highest BCUT2D eigenvalue weighted by atomic mass is 16.5. The maximum Gasteiger partial charge on any atom is 0.192 e. The molecule has 0 radical (unpaired) electrons. The van der Waals surface area contributed by atoms with Gasteiger partial charge in [-0.2, -0.15) is 0 Å². The first-order chi connectivity index (χ1) is 9.39. The molecule has 0 saturated heterocycles. The highest BCUT2D eigenvalue weighted by Gasteiger charge is 2.17. The van der Waals surface area contributed by atoms with Crippen LogP contribution in [0.4, 0.5) is 0 Å². The van der Waals surface area contributed by atoms with Crippen molar-refractivity contribution in [3.8, 4) is 5.75 Å². The molecule has 0 spiro atoms. The molecule has 0 fully saturated rings. The van der Waals surface area contributed by atoms with Crippen LogP contribution in [0.3, 0.4) is 0 Å². The molecule has 1 aromatic carbocycles. The van der Waals surface area contributed by atoms with Crippen LogP contribution in [0, 0.1) is 6.92 Å². The van der Waals surface area contributed by atoms with Gasteiger partial charge in [0.2, 0.25) is 0 Å². The SMILES string of the molecule is COc1cc(C)ccc1C(=O)COCCC(C)(C)OC. The first-order valence-corrected chi connectivity index (χ1v) is 6.70. The summed E-state index contributed by atoms with van der Waals surface area (Å²) in [6.45, 7) is 6.47. The molecule has 1 aromatic rings. The summed E-state index contributed by atoms with van der Waals surface area (Å²) < 4.78 is 16.0. The number of carbonyl (C=O) groups is 1. The minimum Gasteiger partial charge on any atom is -0.496 e. The largest absolute Gasteiger partial charge is 0.496 e. The van der Waals surface area contributed by atoms with Crippen molar-refractivity contribution in [3.05, 3.63) is 29.3 Å². The first-order valence-electron chi connectivity index (χ1n) is 6.70. The number of aryl methyl sites for hydroxylation is 1. The monoisotopic (exact) mass is 280 g/mol. The van der Waals surface area contributed by atoms with Gasteiger partial charge in [0.1, 0.15) is 12.4 Å². The fourth-order valence-corrected chi connectivity index (χ4v) is 1.69. The summed E-state index contributed by atoms with van der Waals surface area (Å²) in [6.07, 6.45) is 0.738. The maximum absolute atomic E-state index is 12.1. The number of carbonyl (C=O) groups excluding carboxylic acids is 1. The second-order valence-corrected chi connectivity index (χ2v) is 5.39. The second-order valence-electron chi connectivity index (χ2n) is 5.39. The Balaban J connectivity index is 2.51. The van der Waals surface area contributed by atoms with Crippen LogP contribution in [0.5, 0.6) is 5.75 Å². The molecule has 0 aromatic heterocycles. The van der Waals surface area contributed by atoms with Gasteiger partial charge in [-0.3, -0.25) is 4.79 Å². The van der Waals surface area contributed by atoms with Crippen LogP contribution < -0.4 is 4.74 Å². The molecule has 0 N–H and O–H groups in total. The van der Waals surface area contributed by atoms with Crippen molar-refractivity contribution < 1.29 is 19.0 Å². The van der Waals surface area contributed by atoms with Crippen molar-refractivity contribution in [1.82, 2.24) is 0 Å². The van der Waals surface area contributed by atoms with Crippen molar-refractivity contribution in [2.24, 2.45) is 0 Å². The minimum atomic E-state index is -0.232. The van der Waals surface area contributed by atoms with Gasteiger partial charge in [0, 0.05) is 13.7 Å². The van der Waals surface area contributed by atoms with Crippen molar-refractivity contribution >= 4 is 5.78 Å².